The Morgan fingerprint density at radius 2 is 2.20 bits per heavy atom. The summed E-state index contributed by atoms with van der Waals surface area (Å²) in [4.78, 5) is 27.5. The molecule has 1 amide bonds. The first kappa shape index (κ1) is 14.0. The van der Waals surface area contributed by atoms with E-state index in [2.05, 4.69) is 10.3 Å². The standard InChI is InChI=1S/C14H17N3O3/c1-4-10-12(13(18)15-9(3)14(19)20)17-6-5-8(2)7-11(17)16-10/h5-7,9H,4H2,1-3H3,(H,15,18)(H,19,20). The number of hydrogen-bond donors (Lipinski definition) is 2. The largest absolute Gasteiger partial charge is 0.480 e. The number of pyridine rings is 1. The van der Waals surface area contributed by atoms with Crippen molar-refractivity contribution in [3.05, 3.63) is 35.3 Å². The number of aromatic nitrogens is 2. The summed E-state index contributed by atoms with van der Waals surface area (Å²) in [5.41, 5.74) is 2.80. The number of nitrogens with zero attached hydrogens (tertiary/aromatic N) is 2. The third-order valence-corrected chi connectivity index (χ3v) is 3.12. The van der Waals surface area contributed by atoms with Gasteiger partial charge in [0.25, 0.3) is 5.91 Å². The minimum atomic E-state index is -1.07. The molecule has 2 heterocycles. The molecule has 0 saturated heterocycles. The van der Waals surface area contributed by atoms with Crippen LogP contribution in [0.5, 0.6) is 0 Å². The van der Waals surface area contributed by atoms with E-state index in [0.717, 1.165) is 5.56 Å². The van der Waals surface area contributed by atoms with Gasteiger partial charge in [0.2, 0.25) is 0 Å². The van der Waals surface area contributed by atoms with Gasteiger partial charge in [0, 0.05) is 6.20 Å². The smallest absolute Gasteiger partial charge is 0.325 e. The lowest BCUT2D eigenvalue weighted by Gasteiger charge is -2.10. The van der Waals surface area contributed by atoms with E-state index in [0.29, 0.717) is 23.5 Å². The van der Waals surface area contributed by atoms with Crippen LogP contribution in [0.2, 0.25) is 0 Å². The molecule has 106 valence electrons. The van der Waals surface area contributed by atoms with Gasteiger partial charge in [-0.05, 0) is 38.0 Å². The van der Waals surface area contributed by atoms with Crippen molar-refractivity contribution in [2.75, 3.05) is 0 Å². The maximum atomic E-state index is 12.3. The van der Waals surface area contributed by atoms with Crippen LogP contribution in [-0.4, -0.2) is 32.4 Å². The first-order valence-corrected chi connectivity index (χ1v) is 6.45. The van der Waals surface area contributed by atoms with Gasteiger partial charge in [-0.1, -0.05) is 6.92 Å². The second kappa shape index (κ2) is 5.32. The first-order valence-electron chi connectivity index (χ1n) is 6.45. The van der Waals surface area contributed by atoms with Gasteiger partial charge in [-0.25, -0.2) is 4.98 Å². The third-order valence-electron chi connectivity index (χ3n) is 3.12. The fraction of sp³-hybridized carbons (Fsp3) is 0.357. The predicted octanol–water partition coefficient (Wildman–Crippen LogP) is 1.41. The molecule has 0 aromatic carbocycles. The lowest BCUT2D eigenvalue weighted by atomic mass is 10.2. The van der Waals surface area contributed by atoms with E-state index in [1.54, 1.807) is 10.6 Å². The number of fused-ring (bicyclic) bond motifs is 1. The number of aliphatic carboxylic acids is 1. The number of nitrogens with one attached hydrogen (secondary N) is 1. The van der Waals surface area contributed by atoms with Crippen LogP contribution in [0.3, 0.4) is 0 Å². The molecule has 2 aromatic heterocycles. The van der Waals surface area contributed by atoms with Crippen LogP contribution in [0.15, 0.2) is 18.3 Å². The Labute approximate surface area is 116 Å². The van der Waals surface area contributed by atoms with E-state index in [4.69, 9.17) is 5.11 Å². The van der Waals surface area contributed by atoms with Crippen molar-refractivity contribution in [2.24, 2.45) is 0 Å². The molecule has 0 spiro atoms. The molecule has 0 saturated carbocycles. The summed E-state index contributed by atoms with van der Waals surface area (Å²) >= 11 is 0. The SMILES string of the molecule is CCc1nc2cc(C)ccn2c1C(=O)NC(C)C(=O)O. The van der Waals surface area contributed by atoms with Gasteiger partial charge >= 0.3 is 5.97 Å². The van der Waals surface area contributed by atoms with Gasteiger partial charge in [-0.3, -0.25) is 14.0 Å². The number of carboxylic acids is 1. The Hall–Kier alpha value is -2.37. The summed E-state index contributed by atoms with van der Waals surface area (Å²) in [6, 6.07) is 2.82. The Kier molecular flexibility index (Phi) is 3.74. The highest BCUT2D eigenvalue weighted by molar-refractivity contribution is 5.97. The number of hydrogen-bond acceptors (Lipinski definition) is 3. The Morgan fingerprint density at radius 3 is 2.80 bits per heavy atom. The third kappa shape index (κ3) is 2.49. The van der Waals surface area contributed by atoms with Crippen LogP contribution in [0.4, 0.5) is 0 Å². The lowest BCUT2D eigenvalue weighted by molar-refractivity contribution is -0.138. The molecule has 0 aliphatic heterocycles. The number of aryl methyl sites for hydroxylation is 2. The molecule has 2 N–H and O–H groups in total. The van der Waals surface area contributed by atoms with E-state index in [1.807, 2.05) is 26.0 Å². The Morgan fingerprint density at radius 1 is 1.50 bits per heavy atom. The summed E-state index contributed by atoms with van der Waals surface area (Å²) in [7, 11) is 0. The van der Waals surface area contributed by atoms with Gasteiger partial charge < -0.3 is 10.4 Å². The fourth-order valence-corrected chi connectivity index (χ4v) is 2.01. The van der Waals surface area contributed by atoms with Crippen LogP contribution >= 0.6 is 0 Å². The highest BCUT2D eigenvalue weighted by Crippen LogP contribution is 2.15. The summed E-state index contributed by atoms with van der Waals surface area (Å²) in [5, 5.41) is 11.3. The molecule has 0 radical (unpaired) electrons. The number of imidazole rings is 1. The Balaban J connectivity index is 2.46. The van der Waals surface area contributed by atoms with Crippen molar-refractivity contribution in [1.82, 2.24) is 14.7 Å². The highest BCUT2D eigenvalue weighted by atomic mass is 16.4. The number of carbonyl (C=O) groups excluding carboxylic acids is 1. The molecular weight excluding hydrogens is 258 g/mol. The lowest BCUT2D eigenvalue weighted by Crippen LogP contribution is -2.39. The van der Waals surface area contributed by atoms with Gasteiger partial charge in [0.15, 0.2) is 0 Å². The van der Waals surface area contributed by atoms with Crippen LogP contribution in [0, 0.1) is 6.92 Å². The van der Waals surface area contributed by atoms with Crippen molar-refractivity contribution in [3.63, 3.8) is 0 Å². The molecule has 1 atom stereocenters. The molecule has 2 aromatic rings. The van der Waals surface area contributed by atoms with Crippen LogP contribution in [0.1, 0.15) is 35.6 Å². The molecule has 0 bridgehead atoms. The highest BCUT2D eigenvalue weighted by Gasteiger charge is 2.21. The second-order valence-corrected chi connectivity index (χ2v) is 4.73. The van der Waals surface area contributed by atoms with E-state index in [1.165, 1.54) is 6.92 Å². The average Bonchev–Trinajstić information content (AvgIpc) is 2.75. The second-order valence-electron chi connectivity index (χ2n) is 4.73. The molecule has 0 fully saturated rings. The van der Waals surface area contributed by atoms with E-state index >= 15 is 0 Å². The summed E-state index contributed by atoms with van der Waals surface area (Å²) in [6.45, 7) is 5.29. The van der Waals surface area contributed by atoms with E-state index < -0.39 is 17.9 Å². The fourth-order valence-electron chi connectivity index (χ4n) is 2.01. The summed E-state index contributed by atoms with van der Waals surface area (Å²) < 4.78 is 1.69. The van der Waals surface area contributed by atoms with Crippen molar-refractivity contribution in [3.8, 4) is 0 Å². The van der Waals surface area contributed by atoms with Gasteiger partial charge in [-0.2, -0.15) is 0 Å². The summed E-state index contributed by atoms with van der Waals surface area (Å²) in [6.07, 6.45) is 2.38. The molecule has 6 nitrogen and oxygen atoms in total. The van der Waals surface area contributed by atoms with E-state index in [9.17, 15) is 9.59 Å². The van der Waals surface area contributed by atoms with Gasteiger partial charge in [-0.15, -0.1) is 0 Å². The van der Waals surface area contributed by atoms with Crippen LogP contribution in [0.25, 0.3) is 5.65 Å². The van der Waals surface area contributed by atoms with Crippen LogP contribution < -0.4 is 5.32 Å². The van der Waals surface area contributed by atoms with E-state index in [-0.39, 0.29) is 0 Å². The zero-order valence-electron chi connectivity index (χ0n) is 11.7. The number of amides is 1. The van der Waals surface area contributed by atoms with Gasteiger partial charge in [0.1, 0.15) is 17.4 Å². The minimum Gasteiger partial charge on any atom is -0.480 e. The maximum Gasteiger partial charge on any atom is 0.325 e. The zero-order valence-corrected chi connectivity index (χ0v) is 11.7. The predicted molar refractivity (Wildman–Crippen MR) is 73.9 cm³/mol. The number of rotatable bonds is 4. The first-order chi connectivity index (χ1) is 9.43. The maximum absolute atomic E-state index is 12.3. The number of carbonyl (C=O) groups is 2. The number of carboxylic acid groups (broad SMARTS) is 1. The summed E-state index contributed by atoms with van der Waals surface area (Å²) in [5.74, 6) is -1.49. The molecule has 0 aliphatic carbocycles. The molecule has 2 rings (SSSR count). The zero-order chi connectivity index (χ0) is 14.9. The van der Waals surface area contributed by atoms with Crippen molar-refractivity contribution in [2.45, 2.75) is 33.2 Å². The molecule has 6 heteroatoms. The molecule has 0 aliphatic rings. The minimum absolute atomic E-state index is 0.399. The quantitative estimate of drug-likeness (QED) is 0.883. The van der Waals surface area contributed by atoms with Crippen LogP contribution in [-0.2, 0) is 11.2 Å². The topological polar surface area (TPSA) is 83.7 Å². The average molecular weight is 275 g/mol. The van der Waals surface area contributed by atoms with Crippen molar-refractivity contribution >= 4 is 17.5 Å². The monoisotopic (exact) mass is 275 g/mol. The van der Waals surface area contributed by atoms with Crippen molar-refractivity contribution in [1.29, 1.82) is 0 Å². The van der Waals surface area contributed by atoms with Gasteiger partial charge in [0.05, 0.1) is 5.69 Å². The van der Waals surface area contributed by atoms with Crippen molar-refractivity contribution < 1.29 is 14.7 Å². The molecular formula is C14H17N3O3. The normalized spacial score (nSPS) is 12.3. The molecule has 20 heavy (non-hydrogen) atoms. The molecule has 1 unspecified atom stereocenters. The Bertz CT molecular complexity index is 676.